The molecule has 1 atom stereocenters. The Labute approximate surface area is 232 Å². The molecule has 0 bridgehead atoms. The first-order valence-corrected chi connectivity index (χ1v) is 14.2. The topological polar surface area (TPSA) is 54.5 Å². The maximum atomic E-state index is 14.2. The van der Waals surface area contributed by atoms with Gasteiger partial charge in [-0.1, -0.05) is 85.8 Å². The smallest absolute Gasteiger partial charge is 0.252 e. The van der Waals surface area contributed by atoms with Gasteiger partial charge in [0.25, 0.3) is 5.91 Å². The van der Waals surface area contributed by atoms with Crippen molar-refractivity contribution >= 4 is 16.8 Å². The van der Waals surface area contributed by atoms with Gasteiger partial charge in [-0.3, -0.25) is 4.79 Å². The third-order valence-corrected chi connectivity index (χ3v) is 7.85. The van der Waals surface area contributed by atoms with Crippen molar-refractivity contribution in [3.05, 3.63) is 102 Å². The van der Waals surface area contributed by atoms with Gasteiger partial charge >= 0.3 is 0 Å². The van der Waals surface area contributed by atoms with E-state index in [1.165, 1.54) is 0 Å². The number of para-hydroxylation sites is 1. The van der Waals surface area contributed by atoms with Gasteiger partial charge in [-0.05, 0) is 44.7 Å². The van der Waals surface area contributed by atoms with E-state index in [1.54, 1.807) is 0 Å². The van der Waals surface area contributed by atoms with Gasteiger partial charge in [0.05, 0.1) is 35.5 Å². The van der Waals surface area contributed by atoms with Crippen molar-refractivity contribution in [2.24, 2.45) is 0 Å². The van der Waals surface area contributed by atoms with E-state index in [4.69, 9.17) is 9.72 Å². The maximum absolute atomic E-state index is 14.2. The molecule has 0 spiro atoms. The van der Waals surface area contributed by atoms with E-state index in [2.05, 4.69) is 55.3 Å². The number of nitrogens with one attached hydrogen (secondary N) is 1. The number of likely N-dealkylation sites (tertiary alicyclic amines) is 1. The molecule has 2 heterocycles. The first kappa shape index (κ1) is 27.0. The normalized spacial score (nSPS) is 15.5. The third-order valence-electron chi connectivity index (χ3n) is 7.85. The molecule has 5 heteroatoms. The predicted octanol–water partition coefficient (Wildman–Crippen LogP) is 7.17. The summed E-state index contributed by atoms with van der Waals surface area (Å²) in [6.07, 6.45) is 2.95. The number of benzene rings is 3. The molecule has 202 valence electrons. The van der Waals surface area contributed by atoms with Crippen LogP contribution in [0.1, 0.15) is 67.6 Å². The Kier molecular flexibility index (Phi) is 8.70. The molecule has 39 heavy (non-hydrogen) atoms. The van der Waals surface area contributed by atoms with Gasteiger partial charge in [-0.2, -0.15) is 0 Å². The minimum absolute atomic E-state index is 0.0834. The minimum Gasteiger partial charge on any atom is -0.373 e. The highest BCUT2D eigenvalue weighted by molar-refractivity contribution is 6.09. The minimum atomic E-state index is -0.0882. The highest BCUT2D eigenvalue weighted by Gasteiger charge is 2.26. The maximum Gasteiger partial charge on any atom is 0.252 e. The molecular formula is C34H39N3O2. The number of ether oxygens (including phenoxy) is 1. The monoisotopic (exact) mass is 521 g/mol. The fourth-order valence-electron chi connectivity index (χ4n) is 5.58. The molecule has 1 aliphatic rings. The molecule has 0 saturated carbocycles. The number of amides is 1. The second kappa shape index (κ2) is 12.5. The second-order valence-corrected chi connectivity index (χ2v) is 10.7. The largest absolute Gasteiger partial charge is 0.373 e. The number of carbonyl (C=O) groups excluding carboxylic acids is 1. The number of piperidine rings is 1. The Balaban J connectivity index is 1.54. The molecular weight excluding hydrogens is 482 g/mol. The third kappa shape index (κ3) is 6.21. The summed E-state index contributed by atoms with van der Waals surface area (Å²) in [4.78, 5) is 21.8. The standard InChI is InChI=1S/C34H39N3O2/c1-4-30(25-13-7-5-8-14-25)36-34(38)32-28-17-11-12-18-31(28)35-33(26-15-9-6-10-16-26)29(32)23-39-27-19-21-37(22-20-27)24(2)3/h5-18,24,27,30H,4,19-23H2,1-3H3,(H,36,38)/t30-/m0/s1. The van der Waals surface area contributed by atoms with Gasteiger partial charge < -0.3 is 15.0 Å². The highest BCUT2D eigenvalue weighted by Crippen LogP contribution is 2.32. The van der Waals surface area contributed by atoms with Crippen LogP contribution in [0.15, 0.2) is 84.9 Å². The number of hydrogen-bond donors (Lipinski definition) is 1. The van der Waals surface area contributed by atoms with Crippen LogP contribution in [-0.2, 0) is 11.3 Å². The van der Waals surface area contributed by atoms with E-state index in [0.717, 1.165) is 65.6 Å². The predicted molar refractivity (Wildman–Crippen MR) is 159 cm³/mol. The van der Waals surface area contributed by atoms with Crippen LogP contribution in [0.4, 0.5) is 0 Å². The van der Waals surface area contributed by atoms with E-state index in [-0.39, 0.29) is 18.1 Å². The van der Waals surface area contributed by atoms with Crippen LogP contribution < -0.4 is 5.32 Å². The van der Waals surface area contributed by atoms with Crippen LogP contribution in [0.2, 0.25) is 0 Å². The number of aromatic nitrogens is 1. The van der Waals surface area contributed by atoms with Crippen LogP contribution >= 0.6 is 0 Å². The summed E-state index contributed by atoms with van der Waals surface area (Å²) in [5.41, 5.74) is 5.22. The van der Waals surface area contributed by atoms with E-state index in [0.29, 0.717) is 18.2 Å². The van der Waals surface area contributed by atoms with Crippen molar-refractivity contribution in [3.8, 4) is 11.3 Å². The van der Waals surface area contributed by atoms with Crippen LogP contribution in [0.5, 0.6) is 0 Å². The molecule has 0 aliphatic carbocycles. The summed E-state index contributed by atoms with van der Waals surface area (Å²) in [7, 11) is 0. The lowest BCUT2D eigenvalue weighted by molar-refractivity contribution is -0.00811. The van der Waals surface area contributed by atoms with Crippen molar-refractivity contribution < 1.29 is 9.53 Å². The van der Waals surface area contributed by atoms with Gasteiger partial charge in [-0.25, -0.2) is 4.98 Å². The Hall–Kier alpha value is -3.54. The lowest BCUT2D eigenvalue weighted by atomic mass is 9.95. The van der Waals surface area contributed by atoms with Crippen molar-refractivity contribution in [1.82, 2.24) is 15.2 Å². The van der Waals surface area contributed by atoms with E-state index < -0.39 is 0 Å². The van der Waals surface area contributed by atoms with Crippen molar-refractivity contribution in [2.45, 2.75) is 64.8 Å². The molecule has 0 unspecified atom stereocenters. The average molecular weight is 522 g/mol. The molecule has 1 fully saturated rings. The van der Waals surface area contributed by atoms with Crippen LogP contribution in [0, 0.1) is 0 Å². The molecule has 3 aromatic carbocycles. The highest BCUT2D eigenvalue weighted by atomic mass is 16.5. The summed E-state index contributed by atoms with van der Waals surface area (Å²) < 4.78 is 6.57. The number of fused-ring (bicyclic) bond motifs is 1. The Morgan fingerprint density at radius 3 is 2.26 bits per heavy atom. The van der Waals surface area contributed by atoms with Crippen molar-refractivity contribution in [2.75, 3.05) is 13.1 Å². The van der Waals surface area contributed by atoms with Crippen LogP contribution in [0.3, 0.4) is 0 Å². The number of rotatable bonds is 9. The summed E-state index contributed by atoms with van der Waals surface area (Å²) in [5, 5.41) is 4.19. The molecule has 1 N–H and O–H groups in total. The molecule has 0 radical (unpaired) electrons. The van der Waals surface area contributed by atoms with E-state index in [1.807, 2.05) is 60.7 Å². The van der Waals surface area contributed by atoms with Crippen LogP contribution in [-0.4, -0.2) is 41.0 Å². The second-order valence-electron chi connectivity index (χ2n) is 10.7. The molecule has 1 aliphatic heterocycles. The first-order valence-electron chi connectivity index (χ1n) is 14.2. The van der Waals surface area contributed by atoms with Gasteiger partial charge in [-0.15, -0.1) is 0 Å². The van der Waals surface area contributed by atoms with Crippen LogP contribution in [0.25, 0.3) is 22.2 Å². The molecule has 5 nitrogen and oxygen atoms in total. The fourth-order valence-corrected chi connectivity index (χ4v) is 5.58. The lowest BCUT2D eigenvalue weighted by Gasteiger charge is -2.34. The number of carbonyl (C=O) groups is 1. The number of pyridine rings is 1. The zero-order chi connectivity index (χ0) is 27.2. The average Bonchev–Trinajstić information content (AvgIpc) is 2.99. The van der Waals surface area contributed by atoms with Gasteiger partial charge in [0.2, 0.25) is 0 Å². The lowest BCUT2D eigenvalue weighted by Crippen LogP contribution is -2.40. The van der Waals surface area contributed by atoms with E-state index >= 15 is 0 Å². The Bertz CT molecular complexity index is 1380. The zero-order valence-electron chi connectivity index (χ0n) is 23.3. The van der Waals surface area contributed by atoms with Crippen molar-refractivity contribution in [3.63, 3.8) is 0 Å². The summed E-state index contributed by atoms with van der Waals surface area (Å²) in [5.74, 6) is -0.0882. The van der Waals surface area contributed by atoms with Crippen molar-refractivity contribution in [1.29, 1.82) is 0 Å². The van der Waals surface area contributed by atoms with Gasteiger partial charge in [0.1, 0.15) is 0 Å². The fraction of sp³-hybridized carbons (Fsp3) is 0.353. The molecule has 1 amide bonds. The number of hydrogen-bond acceptors (Lipinski definition) is 4. The summed E-state index contributed by atoms with van der Waals surface area (Å²) in [6.45, 7) is 9.01. The Morgan fingerprint density at radius 2 is 1.59 bits per heavy atom. The molecule has 1 aromatic heterocycles. The quantitative estimate of drug-likeness (QED) is 0.254. The van der Waals surface area contributed by atoms with Gasteiger partial charge in [0, 0.05) is 35.6 Å². The van der Waals surface area contributed by atoms with Gasteiger partial charge in [0.15, 0.2) is 0 Å². The molecule has 5 rings (SSSR count). The zero-order valence-corrected chi connectivity index (χ0v) is 23.3. The Morgan fingerprint density at radius 1 is 0.949 bits per heavy atom. The first-order chi connectivity index (χ1) is 19.0. The summed E-state index contributed by atoms with van der Waals surface area (Å²) >= 11 is 0. The molecule has 1 saturated heterocycles. The number of nitrogens with zero attached hydrogens (tertiary/aromatic N) is 2. The molecule has 4 aromatic rings. The SMILES string of the molecule is CC[C@H](NC(=O)c1c(COC2CCN(C(C)C)CC2)c(-c2ccccc2)nc2ccccc12)c1ccccc1. The summed E-state index contributed by atoms with van der Waals surface area (Å²) in [6, 6.07) is 28.7. The van der Waals surface area contributed by atoms with E-state index in [9.17, 15) is 4.79 Å².